The van der Waals surface area contributed by atoms with Crippen molar-refractivity contribution in [3.05, 3.63) is 59.0 Å². The van der Waals surface area contributed by atoms with Gasteiger partial charge >= 0.3 is 5.97 Å². The standard InChI is InChI=1S/C20H20N2O6/c1-2-3-8-22-18(24)15-7-6-13(10-16(15)19(22)25)20(26)28-12-17(23)21-11-14-5-4-9-27-14/h4-7,9-10H,2-3,8,11-12H2,1H3,(H,21,23). The van der Waals surface area contributed by atoms with Crippen LogP contribution in [0.1, 0.15) is 56.6 Å². The van der Waals surface area contributed by atoms with Crippen LogP contribution in [0, 0.1) is 0 Å². The van der Waals surface area contributed by atoms with Crippen LogP contribution in [0.3, 0.4) is 0 Å². The first-order valence-corrected chi connectivity index (χ1v) is 8.97. The minimum Gasteiger partial charge on any atom is -0.467 e. The fourth-order valence-electron chi connectivity index (χ4n) is 2.80. The molecule has 2 aromatic rings. The van der Waals surface area contributed by atoms with Crippen LogP contribution in [0.25, 0.3) is 0 Å². The molecule has 1 aliphatic rings. The number of unbranched alkanes of at least 4 members (excludes halogenated alkanes) is 1. The van der Waals surface area contributed by atoms with Crippen LogP contribution in [0.5, 0.6) is 0 Å². The molecule has 0 bridgehead atoms. The van der Waals surface area contributed by atoms with Gasteiger partial charge in [0.2, 0.25) is 0 Å². The van der Waals surface area contributed by atoms with Gasteiger partial charge in [-0.05, 0) is 36.8 Å². The molecule has 0 spiro atoms. The summed E-state index contributed by atoms with van der Waals surface area (Å²) in [7, 11) is 0. The Hall–Kier alpha value is -3.42. The molecule has 0 aliphatic carbocycles. The SMILES string of the molecule is CCCCN1C(=O)c2ccc(C(=O)OCC(=O)NCc3ccco3)cc2C1=O. The van der Waals surface area contributed by atoms with Crippen molar-refractivity contribution in [2.75, 3.05) is 13.2 Å². The lowest BCUT2D eigenvalue weighted by Gasteiger charge is -2.12. The van der Waals surface area contributed by atoms with Gasteiger partial charge in [-0.3, -0.25) is 19.3 Å². The van der Waals surface area contributed by atoms with Crippen molar-refractivity contribution in [2.24, 2.45) is 0 Å². The molecule has 1 N–H and O–H groups in total. The number of carbonyl (C=O) groups is 4. The normalized spacial score (nSPS) is 12.8. The number of fused-ring (bicyclic) bond motifs is 1. The highest BCUT2D eigenvalue weighted by Gasteiger charge is 2.35. The summed E-state index contributed by atoms with van der Waals surface area (Å²) in [6, 6.07) is 7.60. The second-order valence-electron chi connectivity index (χ2n) is 6.31. The van der Waals surface area contributed by atoms with E-state index < -0.39 is 24.4 Å². The number of furan rings is 1. The van der Waals surface area contributed by atoms with Crippen LogP contribution in [0.2, 0.25) is 0 Å². The second kappa shape index (κ2) is 8.51. The molecule has 0 unspecified atom stereocenters. The number of benzene rings is 1. The Morgan fingerprint density at radius 1 is 1.14 bits per heavy atom. The molecule has 3 amide bonds. The van der Waals surface area contributed by atoms with E-state index >= 15 is 0 Å². The molecule has 3 rings (SSSR count). The maximum Gasteiger partial charge on any atom is 0.338 e. The summed E-state index contributed by atoms with van der Waals surface area (Å²) in [6.07, 6.45) is 3.06. The van der Waals surface area contributed by atoms with E-state index in [1.54, 1.807) is 12.1 Å². The number of hydrogen-bond donors (Lipinski definition) is 1. The van der Waals surface area contributed by atoms with Crippen LogP contribution in [0.15, 0.2) is 41.0 Å². The maximum absolute atomic E-state index is 12.4. The molecule has 1 aromatic carbocycles. The van der Waals surface area contributed by atoms with E-state index in [1.165, 1.54) is 29.4 Å². The third-order valence-electron chi connectivity index (χ3n) is 4.32. The van der Waals surface area contributed by atoms with E-state index in [0.29, 0.717) is 18.7 Å². The van der Waals surface area contributed by atoms with Gasteiger partial charge in [-0.1, -0.05) is 13.3 Å². The Labute approximate surface area is 161 Å². The van der Waals surface area contributed by atoms with E-state index in [9.17, 15) is 19.2 Å². The summed E-state index contributed by atoms with van der Waals surface area (Å²) in [6.45, 7) is 2.04. The summed E-state index contributed by atoms with van der Waals surface area (Å²) in [5.41, 5.74) is 0.558. The first-order chi connectivity index (χ1) is 13.5. The first kappa shape index (κ1) is 19.3. The number of rotatable bonds is 8. The van der Waals surface area contributed by atoms with Crippen LogP contribution in [-0.4, -0.2) is 41.7 Å². The highest BCUT2D eigenvalue weighted by Crippen LogP contribution is 2.24. The van der Waals surface area contributed by atoms with Crippen molar-refractivity contribution in [3.8, 4) is 0 Å². The van der Waals surface area contributed by atoms with Crippen LogP contribution >= 0.6 is 0 Å². The number of imide groups is 1. The number of nitrogens with one attached hydrogen (secondary N) is 1. The lowest BCUT2D eigenvalue weighted by atomic mass is 10.1. The molecular weight excluding hydrogens is 364 g/mol. The van der Waals surface area contributed by atoms with Crippen LogP contribution in [-0.2, 0) is 16.1 Å². The fourth-order valence-corrected chi connectivity index (χ4v) is 2.80. The number of hydrogen-bond acceptors (Lipinski definition) is 6. The quantitative estimate of drug-likeness (QED) is 0.552. The van der Waals surface area contributed by atoms with Gasteiger partial charge in [-0.2, -0.15) is 0 Å². The van der Waals surface area contributed by atoms with E-state index in [4.69, 9.17) is 9.15 Å². The number of amides is 3. The zero-order valence-corrected chi connectivity index (χ0v) is 15.4. The Morgan fingerprint density at radius 2 is 1.93 bits per heavy atom. The lowest BCUT2D eigenvalue weighted by Crippen LogP contribution is -2.30. The molecule has 1 aromatic heterocycles. The number of ether oxygens (including phenoxy) is 1. The van der Waals surface area contributed by atoms with Gasteiger partial charge in [0.25, 0.3) is 17.7 Å². The van der Waals surface area contributed by atoms with Gasteiger partial charge < -0.3 is 14.5 Å². The smallest absolute Gasteiger partial charge is 0.338 e. The summed E-state index contributed by atoms with van der Waals surface area (Å²) in [5.74, 6) is -1.43. The number of esters is 1. The average Bonchev–Trinajstić information content (AvgIpc) is 3.30. The molecule has 8 heteroatoms. The van der Waals surface area contributed by atoms with E-state index in [1.807, 2.05) is 6.92 Å². The predicted molar refractivity (Wildman–Crippen MR) is 97.6 cm³/mol. The molecule has 146 valence electrons. The monoisotopic (exact) mass is 384 g/mol. The first-order valence-electron chi connectivity index (χ1n) is 8.97. The molecule has 28 heavy (non-hydrogen) atoms. The molecule has 0 saturated heterocycles. The van der Waals surface area contributed by atoms with Crippen molar-refractivity contribution < 1.29 is 28.3 Å². The van der Waals surface area contributed by atoms with Crippen LogP contribution in [0.4, 0.5) is 0 Å². The largest absolute Gasteiger partial charge is 0.467 e. The number of carbonyl (C=O) groups excluding carboxylic acids is 4. The summed E-state index contributed by atoms with van der Waals surface area (Å²) in [4.78, 5) is 49.9. The van der Waals surface area contributed by atoms with Crippen molar-refractivity contribution in [1.29, 1.82) is 0 Å². The topological polar surface area (TPSA) is 106 Å². The third kappa shape index (κ3) is 4.11. The predicted octanol–water partition coefficient (Wildman–Crippen LogP) is 2.15. The second-order valence-corrected chi connectivity index (χ2v) is 6.31. The van der Waals surface area contributed by atoms with Crippen molar-refractivity contribution >= 4 is 23.7 Å². The molecule has 0 radical (unpaired) electrons. The zero-order valence-electron chi connectivity index (χ0n) is 15.4. The van der Waals surface area contributed by atoms with Gasteiger partial charge in [0.15, 0.2) is 6.61 Å². The van der Waals surface area contributed by atoms with Gasteiger partial charge in [0, 0.05) is 6.54 Å². The van der Waals surface area contributed by atoms with Gasteiger partial charge in [0.1, 0.15) is 5.76 Å². The minimum absolute atomic E-state index is 0.107. The highest BCUT2D eigenvalue weighted by molar-refractivity contribution is 6.21. The summed E-state index contributed by atoms with van der Waals surface area (Å²) < 4.78 is 10.1. The molecule has 0 atom stereocenters. The average molecular weight is 384 g/mol. The number of nitrogens with zero attached hydrogens (tertiary/aromatic N) is 1. The van der Waals surface area contributed by atoms with Gasteiger partial charge in [-0.25, -0.2) is 4.79 Å². The fraction of sp³-hybridized carbons (Fsp3) is 0.300. The molecule has 1 aliphatic heterocycles. The molecule has 8 nitrogen and oxygen atoms in total. The highest BCUT2D eigenvalue weighted by atomic mass is 16.5. The Morgan fingerprint density at radius 3 is 2.64 bits per heavy atom. The molecule has 0 fully saturated rings. The van der Waals surface area contributed by atoms with Crippen molar-refractivity contribution in [3.63, 3.8) is 0 Å². The van der Waals surface area contributed by atoms with Crippen molar-refractivity contribution in [1.82, 2.24) is 10.2 Å². The minimum atomic E-state index is -0.747. The zero-order chi connectivity index (χ0) is 20.1. The summed E-state index contributed by atoms with van der Waals surface area (Å²) in [5, 5.41) is 2.56. The molecule has 0 saturated carbocycles. The Bertz CT molecular complexity index is 903. The maximum atomic E-state index is 12.4. The molecular formula is C20H20N2O6. The van der Waals surface area contributed by atoms with Crippen LogP contribution < -0.4 is 5.32 Å². The van der Waals surface area contributed by atoms with E-state index in [2.05, 4.69) is 5.32 Å². The Kier molecular flexibility index (Phi) is 5.88. The van der Waals surface area contributed by atoms with Gasteiger partial charge in [0.05, 0.1) is 29.5 Å². The Balaban J connectivity index is 1.58. The van der Waals surface area contributed by atoms with E-state index in [-0.39, 0.29) is 29.1 Å². The van der Waals surface area contributed by atoms with Crippen molar-refractivity contribution in [2.45, 2.75) is 26.3 Å². The molecule has 2 heterocycles. The lowest BCUT2D eigenvalue weighted by molar-refractivity contribution is -0.124. The third-order valence-corrected chi connectivity index (χ3v) is 4.32. The van der Waals surface area contributed by atoms with E-state index in [0.717, 1.165) is 6.42 Å². The summed E-state index contributed by atoms with van der Waals surface area (Å²) >= 11 is 0. The van der Waals surface area contributed by atoms with Gasteiger partial charge in [-0.15, -0.1) is 0 Å².